The number of anilines is 1. The maximum atomic E-state index is 12.4. The van der Waals surface area contributed by atoms with E-state index in [0.29, 0.717) is 17.0 Å². The third-order valence-corrected chi connectivity index (χ3v) is 3.87. The molecule has 1 fully saturated rings. The Balaban J connectivity index is 2.18. The molecule has 1 amide bonds. The van der Waals surface area contributed by atoms with E-state index in [-0.39, 0.29) is 11.4 Å². The van der Waals surface area contributed by atoms with Crippen molar-refractivity contribution in [1.82, 2.24) is 5.32 Å². The first-order valence-corrected chi connectivity index (χ1v) is 6.81. The van der Waals surface area contributed by atoms with Gasteiger partial charge in [0.25, 0.3) is 5.91 Å². The van der Waals surface area contributed by atoms with Gasteiger partial charge in [-0.25, -0.2) is 0 Å². The number of carbonyl (C=O) groups excluding carboxylic acids is 1. The summed E-state index contributed by atoms with van der Waals surface area (Å²) in [6.07, 6.45) is 5.66. The van der Waals surface area contributed by atoms with Crippen LogP contribution in [0, 0.1) is 0 Å². The Hall–Kier alpha value is -1.71. The first kappa shape index (κ1) is 13.7. The molecule has 4 nitrogen and oxygen atoms in total. The Morgan fingerprint density at radius 3 is 2.63 bits per heavy atom. The fourth-order valence-corrected chi connectivity index (χ4v) is 2.76. The standard InChI is InChI=1S/C15H22N2O2/c1-15(9-4-3-5-10-15)17-14(18)11-7-6-8-12(16)13(11)19-2/h6-8H,3-5,9-10,16H2,1-2H3,(H,17,18). The molecule has 1 aliphatic rings. The lowest BCUT2D eigenvalue weighted by Crippen LogP contribution is -2.47. The van der Waals surface area contributed by atoms with Crippen LogP contribution in [0.5, 0.6) is 5.75 Å². The number of para-hydroxylation sites is 1. The summed E-state index contributed by atoms with van der Waals surface area (Å²) >= 11 is 0. The van der Waals surface area contributed by atoms with Gasteiger partial charge in [0, 0.05) is 5.54 Å². The molecule has 19 heavy (non-hydrogen) atoms. The summed E-state index contributed by atoms with van der Waals surface area (Å²) in [5.74, 6) is 0.355. The van der Waals surface area contributed by atoms with E-state index in [0.717, 1.165) is 12.8 Å². The number of nitrogens with two attached hydrogens (primary N) is 1. The normalized spacial score (nSPS) is 17.8. The average Bonchev–Trinajstić information content (AvgIpc) is 2.38. The summed E-state index contributed by atoms with van der Waals surface area (Å²) in [5, 5.41) is 3.14. The van der Waals surface area contributed by atoms with Crippen molar-refractivity contribution in [2.24, 2.45) is 0 Å². The Morgan fingerprint density at radius 2 is 2.00 bits per heavy atom. The van der Waals surface area contributed by atoms with Crippen molar-refractivity contribution in [3.05, 3.63) is 23.8 Å². The van der Waals surface area contributed by atoms with E-state index >= 15 is 0 Å². The number of nitrogens with one attached hydrogen (secondary N) is 1. The lowest BCUT2D eigenvalue weighted by Gasteiger charge is -2.34. The van der Waals surface area contributed by atoms with Crippen molar-refractivity contribution >= 4 is 11.6 Å². The molecule has 0 atom stereocenters. The first-order chi connectivity index (χ1) is 9.06. The van der Waals surface area contributed by atoms with Gasteiger partial charge >= 0.3 is 0 Å². The van der Waals surface area contributed by atoms with Gasteiger partial charge in [-0.3, -0.25) is 4.79 Å². The van der Waals surface area contributed by atoms with E-state index in [2.05, 4.69) is 12.2 Å². The van der Waals surface area contributed by atoms with Crippen LogP contribution in [0.4, 0.5) is 5.69 Å². The lowest BCUT2D eigenvalue weighted by molar-refractivity contribution is 0.0879. The number of carbonyl (C=O) groups is 1. The second kappa shape index (κ2) is 5.51. The molecule has 0 aliphatic heterocycles. The molecule has 104 valence electrons. The summed E-state index contributed by atoms with van der Waals surface area (Å²) in [6, 6.07) is 5.25. The first-order valence-electron chi connectivity index (χ1n) is 6.81. The van der Waals surface area contributed by atoms with Crippen LogP contribution in [0.1, 0.15) is 49.4 Å². The molecule has 0 radical (unpaired) electrons. The molecule has 1 aliphatic carbocycles. The zero-order chi connectivity index (χ0) is 13.9. The van der Waals surface area contributed by atoms with Crippen LogP contribution in [-0.4, -0.2) is 18.6 Å². The van der Waals surface area contributed by atoms with Crippen molar-refractivity contribution in [1.29, 1.82) is 0 Å². The predicted octanol–water partition coefficient (Wildman–Crippen LogP) is 2.73. The van der Waals surface area contributed by atoms with Crippen LogP contribution >= 0.6 is 0 Å². The minimum absolute atomic E-state index is 0.103. The fraction of sp³-hybridized carbons (Fsp3) is 0.533. The molecule has 2 rings (SSSR count). The molecule has 1 saturated carbocycles. The van der Waals surface area contributed by atoms with E-state index in [4.69, 9.17) is 10.5 Å². The maximum Gasteiger partial charge on any atom is 0.255 e. The summed E-state index contributed by atoms with van der Waals surface area (Å²) < 4.78 is 5.23. The van der Waals surface area contributed by atoms with Gasteiger partial charge in [-0.15, -0.1) is 0 Å². The average molecular weight is 262 g/mol. The van der Waals surface area contributed by atoms with Gasteiger partial charge in [-0.1, -0.05) is 25.3 Å². The maximum absolute atomic E-state index is 12.4. The zero-order valence-corrected chi connectivity index (χ0v) is 11.7. The number of rotatable bonds is 3. The van der Waals surface area contributed by atoms with Crippen molar-refractivity contribution < 1.29 is 9.53 Å². The molecule has 3 N–H and O–H groups in total. The number of methoxy groups -OCH3 is 1. The SMILES string of the molecule is COc1c(N)cccc1C(=O)NC1(C)CCCCC1. The van der Waals surface area contributed by atoms with E-state index in [9.17, 15) is 4.79 Å². The van der Waals surface area contributed by atoms with Crippen molar-refractivity contribution in [2.75, 3.05) is 12.8 Å². The number of ether oxygens (including phenoxy) is 1. The number of nitrogen functional groups attached to an aromatic ring is 1. The molecule has 0 aromatic heterocycles. The van der Waals surface area contributed by atoms with Crippen LogP contribution in [0.25, 0.3) is 0 Å². The Bertz CT molecular complexity index is 465. The van der Waals surface area contributed by atoms with Crippen molar-refractivity contribution in [2.45, 2.75) is 44.6 Å². The topological polar surface area (TPSA) is 64.3 Å². The molecule has 4 heteroatoms. The minimum Gasteiger partial charge on any atom is -0.494 e. The van der Waals surface area contributed by atoms with Crippen molar-refractivity contribution in [3.8, 4) is 5.75 Å². The minimum atomic E-state index is -0.106. The highest BCUT2D eigenvalue weighted by Gasteiger charge is 2.29. The monoisotopic (exact) mass is 262 g/mol. The lowest BCUT2D eigenvalue weighted by atomic mass is 9.83. The molecule has 1 aromatic carbocycles. The Kier molecular flexibility index (Phi) is 3.98. The van der Waals surface area contributed by atoms with Gasteiger partial charge < -0.3 is 15.8 Å². The molecular formula is C15H22N2O2. The fourth-order valence-electron chi connectivity index (χ4n) is 2.76. The summed E-state index contributed by atoms with van der Waals surface area (Å²) in [6.45, 7) is 2.11. The summed E-state index contributed by atoms with van der Waals surface area (Å²) in [7, 11) is 1.53. The number of benzene rings is 1. The number of amides is 1. The second-order valence-electron chi connectivity index (χ2n) is 5.50. The van der Waals surface area contributed by atoms with Crippen LogP contribution < -0.4 is 15.8 Å². The van der Waals surface area contributed by atoms with Crippen LogP contribution in [0.2, 0.25) is 0 Å². The largest absolute Gasteiger partial charge is 0.494 e. The molecule has 0 spiro atoms. The highest BCUT2D eigenvalue weighted by atomic mass is 16.5. The van der Waals surface area contributed by atoms with Gasteiger partial charge in [-0.2, -0.15) is 0 Å². The number of hydrogen-bond acceptors (Lipinski definition) is 3. The van der Waals surface area contributed by atoms with E-state index in [1.165, 1.54) is 26.4 Å². The van der Waals surface area contributed by atoms with Gasteiger partial charge in [0.15, 0.2) is 5.75 Å². The molecule has 0 bridgehead atoms. The third-order valence-electron chi connectivity index (χ3n) is 3.87. The molecule has 1 aromatic rings. The van der Waals surface area contributed by atoms with E-state index in [1.807, 2.05) is 0 Å². The van der Waals surface area contributed by atoms with Crippen molar-refractivity contribution in [3.63, 3.8) is 0 Å². The third kappa shape index (κ3) is 3.00. The van der Waals surface area contributed by atoms with E-state index < -0.39 is 0 Å². The predicted molar refractivity (Wildman–Crippen MR) is 76.4 cm³/mol. The Labute approximate surface area is 114 Å². The molecule has 0 heterocycles. The van der Waals surface area contributed by atoms with Gasteiger partial charge in [0.2, 0.25) is 0 Å². The smallest absolute Gasteiger partial charge is 0.255 e. The molecule has 0 unspecified atom stereocenters. The van der Waals surface area contributed by atoms with E-state index in [1.54, 1.807) is 18.2 Å². The summed E-state index contributed by atoms with van der Waals surface area (Å²) in [5.41, 5.74) is 6.72. The summed E-state index contributed by atoms with van der Waals surface area (Å²) in [4.78, 5) is 12.4. The van der Waals surface area contributed by atoms with Crippen LogP contribution in [0.3, 0.4) is 0 Å². The highest BCUT2D eigenvalue weighted by Crippen LogP contribution is 2.30. The quantitative estimate of drug-likeness (QED) is 0.823. The zero-order valence-electron chi connectivity index (χ0n) is 11.7. The van der Waals surface area contributed by atoms with Crippen LogP contribution in [-0.2, 0) is 0 Å². The molecular weight excluding hydrogens is 240 g/mol. The Morgan fingerprint density at radius 1 is 1.32 bits per heavy atom. The van der Waals surface area contributed by atoms with Crippen LogP contribution in [0.15, 0.2) is 18.2 Å². The highest BCUT2D eigenvalue weighted by molar-refractivity contribution is 5.99. The van der Waals surface area contributed by atoms with Gasteiger partial charge in [0.05, 0.1) is 18.4 Å². The number of hydrogen-bond donors (Lipinski definition) is 2. The molecule has 0 saturated heterocycles. The second-order valence-corrected chi connectivity index (χ2v) is 5.50. The van der Waals surface area contributed by atoms with Gasteiger partial charge in [-0.05, 0) is 31.9 Å². The van der Waals surface area contributed by atoms with Gasteiger partial charge in [0.1, 0.15) is 0 Å².